The third-order valence-electron chi connectivity index (χ3n) is 2.62. The Morgan fingerprint density at radius 1 is 1.57 bits per heavy atom. The minimum absolute atomic E-state index is 0.224. The Kier molecular flexibility index (Phi) is 2.16. The Labute approximate surface area is 88.7 Å². The smallest absolute Gasteiger partial charge is 0.317 e. The van der Waals surface area contributed by atoms with Crippen molar-refractivity contribution in [2.45, 2.75) is 24.4 Å². The van der Waals surface area contributed by atoms with Crippen molar-refractivity contribution in [3.05, 3.63) is 22.6 Å². The van der Waals surface area contributed by atoms with Crippen LogP contribution in [-0.4, -0.2) is 22.3 Å². The van der Waals surface area contributed by atoms with Crippen LogP contribution in [0, 0.1) is 0 Å². The van der Waals surface area contributed by atoms with Gasteiger partial charge in [0.05, 0.1) is 6.10 Å². The van der Waals surface area contributed by atoms with Crippen LogP contribution >= 0.6 is 15.9 Å². The average molecular weight is 261 g/mol. The molecule has 1 heterocycles. The summed E-state index contributed by atoms with van der Waals surface area (Å²) in [6, 6.07) is 3.29. The molecule has 0 amide bonds. The van der Waals surface area contributed by atoms with E-state index in [-0.39, 0.29) is 12.8 Å². The number of aliphatic hydroxyl groups excluding tert-OH is 1. The molecule has 0 aromatic carbocycles. The first kappa shape index (κ1) is 9.73. The van der Waals surface area contributed by atoms with Crippen LogP contribution in [0.15, 0.2) is 21.2 Å². The molecule has 0 spiro atoms. The number of carboxylic acid groups (broad SMARTS) is 1. The lowest BCUT2D eigenvalue weighted by molar-refractivity contribution is -0.154. The molecule has 1 aromatic rings. The lowest BCUT2D eigenvalue weighted by atomic mass is 9.65. The molecule has 4 nitrogen and oxygen atoms in total. The first-order valence-electron chi connectivity index (χ1n) is 4.22. The maximum atomic E-state index is 11.1. The van der Waals surface area contributed by atoms with Gasteiger partial charge in [0.25, 0.3) is 0 Å². The van der Waals surface area contributed by atoms with E-state index in [4.69, 9.17) is 9.52 Å². The summed E-state index contributed by atoms with van der Waals surface area (Å²) in [5.74, 6) is -0.535. The van der Waals surface area contributed by atoms with Crippen LogP contribution in [0.3, 0.4) is 0 Å². The molecule has 0 aliphatic heterocycles. The molecule has 0 unspecified atom stereocenters. The maximum absolute atomic E-state index is 11.1. The molecular formula is C9H9BrO4. The van der Waals surface area contributed by atoms with Gasteiger partial charge in [0, 0.05) is 0 Å². The number of furan rings is 1. The lowest BCUT2D eigenvalue weighted by Gasteiger charge is -2.39. The molecule has 1 fully saturated rings. The third kappa shape index (κ3) is 1.27. The van der Waals surface area contributed by atoms with Crippen LogP contribution in [0.2, 0.25) is 0 Å². The minimum atomic E-state index is -1.02. The first-order chi connectivity index (χ1) is 6.54. The van der Waals surface area contributed by atoms with Gasteiger partial charge in [-0.2, -0.15) is 0 Å². The van der Waals surface area contributed by atoms with Gasteiger partial charge in [0.15, 0.2) is 4.67 Å². The third-order valence-corrected chi connectivity index (χ3v) is 3.05. The summed E-state index contributed by atoms with van der Waals surface area (Å²) in [6.45, 7) is 0. The second kappa shape index (κ2) is 3.10. The highest BCUT2D eigenvalue weighted by molar-refractivity contribution is 9.10. The van der Waals surface area contributed by atoms with Gasteiger partial charge in [-0.05, 0) is 40.9 Å². The van der Waals surface area contributed by atoms with Crippen molar-refractivity contribution in [3.63, 3.8) is 0 Å². The Balaban J connectivity index is 2.34. The molecule has 1 aliphatic carbocycles. The van der Waals surface area contributed by atoms with Gasteiger partial charge < -0.3 is 14.6 Å². The topological polar surface area (TPSA) is 70.7 Å². The molecule has 2 rings (SSSR count). The standard InChI is InChI=1S/C9H9BrO4/c10-7-2-1-6(14-7)9(8(12)13)3-5(11)4-9/h1-2,5,11H,3-4H2,(H,12,13). The SMILES string of the molecule is O=C(O)C1(c2ccc(Br)o2)CC(O)C1. The number of rotatable bonds is 2. The van der Waals surface area contributed by atoms with E-state index in [1.54, 1.807) is 12.1 Å². The highest BCUT2D eigenvalue weighted by Crippen LogP contribution is 2.45. The van der Waals surface area contributed by atoms with Gasteiger partial charge >= 0.3 is 5.97 Å². The van der Waals surface area contributed by atoms with Crippen LogP contribution < -0.4 is 0 Å². The first-order valence-corrected chi connectivity index (χ1v) is 5.01. The minimum Gasteiger partial charge on any atom is -0.480 e. The second-order valence-corrected chi connectivity index (χ2v) is 4.33. The molecule has 1 aliphatic rings. The summed E-state index contributed by atoms with van der Waals surface area (Å²) >= 11 is 3.12. The second-order valence-electron chi connectivity index (χ2n) is 3.55. The molecule has 0 bridgehead atoms. The van der Waals surface area contributed by atoms with Crippen molar-refractivity contribution < 1.29 is 19.4 Å². The van der Waals surface area contributed by atoms with Crippen LogP contribution in [0.25, 0.3) is 0 Å². The maximum Gasteiger partial charge on any atom is 0.317 e. The molecule has 1 saturated carbocycles. The predicted molar refractivity (Wildman–Crippen MR) is 51.0 cm³/mol. The van der Waals surface area contributed by atoms with Crippen LogP contribution in [0.5, 0.6) is 0 Å². The fraction of sp³-hybridized carbons (Fsp3) is 0.444. The number of carbonyl (C=O) groups is 1. The Morgan fingerprint density at radius 3 is 2.57 bits per heavy atom. The van der Waals surface area contributed by atoms with E-state index < -0.39 is 17.5 Å². The molecule has 5 heteroatoms. The lowest BCUT2D eigenvalue weighted by Crippen LogP contribution is -2.50. The zero-order valence-electron chi connectivity index (χ0n) is 7.24. The highest BCUT2D eigenvalue weighted by Gasteiger charge is 2.53. The van der Waals surface area contributed by atoms with E-state index in [1.165, 1.54) is 0 Å². The molecule has 0 atom stereocenters. The fourth-order valence-corrected chi connectivity index (χ4v) is 2.10. The van der Waals surface area contributed by atoms with Gasteiger partial charge in [-0.1, -0.05) is 0 Å². The molecule has 0 saturated heterocycles. The molecule has 76 valence electrons. The normalized spacial score (nSPS) is 31.1. The van der Waals surface area contributed by atoms with Crippen molar-refractivity contribution in [1.82, 2.24) is 0 Å². The molecular weight excluding hydrogens is 252 g/mol. The summed E-state index contributed by atoms with van der Waals surface area (Å²) in [5, 5.41) is 18.3. The summed E-state index contributed by atoms with van der Waals surface area (Å²) < 4.78 is 5.73. The number of carboxylic acids is 1. The number of aliphatic carboxylic acids is 1. The monoisotopic (exact) mass is 260 g/mol. The Hall–Kier alpha value is -0.810. The highest BCUT2D eigenvalue weighted by atomic mass is 79.9. The summed E-state index contributed by atoms with van der Waals surface area (Å²) in [6.07, 6.45) is -0.0834. The summed E-state index contributed by atoms with van der Waals surface area (Å²) in [4.78, 5) is 11.1. The van der Waals surface area contributed by atoms with E-state index in [9.17, 15) is 9.90 Å². The van der Waals surface area contributed by atoms with Gasteiger partial charge in [0.2, 0.25) is 0 Å². The van der Waals surface area contributed by atoms with Crippen molar-refractivity contribution in [2.24, 2.45) is 0 Å². The van der Waals surface area contributed by atoms with Crippen molar-refractivity contribution in [1.29, 1.82) is 0 Å². The van der Waals surface area contributed by atoms with Crippen molar-refractivity contribution >= 4 is 21.9 Å². The Bertz CT molecular complexity index is 365. The fourth-order valence-electron chi connectivity index (χ4n) is 1.80. The van der Waals surface area contributed by atoms with E-state index in [2.05, 4.69) is 15.9 Å². The van der Waals surface area contributed by atoms with E-state index in [0.29, 0.717) is 10.4 Å². The molecule has 1 aromatic heterocycles. The zero-order chi connectivity index (χ0) is 10.3. The van der Waals surface area contributed by atoms with Crippen LogP contribution in [-0.2, 0) is 10.2 Å². The average Bonchev–Trinajstić information content (AvgIpc) is 2.45. The number of halogens is 1. The van der Waals surface area contributed by atoms with Gasteiger partial charge in [-0.3, -0.25) is 4.79 Å². The van der Waals surface area contributed by atoms with E-state index in [1.807, 2.05) is 0 Å². The molecule has 14 heavy (non-hydrogen) atoms. The molecule has 2 N–H and O–H groups in total. The van der Waals surface area contributed by atoms with Crippen molar-refractivity contribution in [2.75, 3.05) is 0 Å². The van der Waals surface area contributed by atoms with Gasteiger partial charge in [-0.25, -0.2) is 0 Å². The summed E-state index contributed by atoms with van der Waals surface area (Å²) in [7, 11) is 0. The van der Waals surface area contributed by atoms with Crippen LogP contribution in [0.4, 0.5) is 0 Å². The predicted octanol–water partition coefficient (Wildman–Crippen LogP) is 1.52. The van der Waals surface area contributed by atoms with E-state index >= 15 is 0 Å². The van der Waals surface area contributed by atoms with Crippen LogP contribution in [0.1, 0.15) is 18.6 Å². The Morgan fingerprint density at radius 2 is 2.21 bits per heavy atom. The zero-order valence-corrected chi connectivity index (χ0v) is 8.82. The molecule has 0 radical (unpaired) electrons. The van der Waals surface area contributed by atoms with Gasteiger partial charge in [-0.15, -0.1) is 0 Å². The van der Waals surface area contributed by atoms with Crippen molar-refractivity contribution in [3.8, 4) is 0 Å². The van der Waals surface area contributed by atoms with E-state index in [0.717, 1.165) is 0 Å². The number of hydrogen-bond acceptors (Lipinski definition) is 3. The van der Waals surface area contributed by atoms with Gasteiger partial charge in [0.1, 0.15) is 11.2 Å². The largest absolute Gasteiger partial charge is 0.480 e. The quantitative estimate of drug-likeness (QED) is 0.846. The number of aliphatic hydroxyl groups is 1. The summed E-state index contributed by atoms with van der Waals surface area (Å²) in [5.41, 5.74) is -1.02. The number of hydrogen-bond donors (Lipinski definition) is 2.